The van der Waals surface area contributed by atoms with Gasteiger partial charge in [0.25, 0.3) is 0 Å². The first-order valence-corrected chi connectivity index (χ1v) is 12.1. The third-order valence-electron chi connectivity index (χ3n) is 5.11. The summed E-state index contributed by atoms with van der Waals surface area (Å²) in [7, 11) is 0.795. The number of carbonyl (C=O) groups excluding carboxylic acids is 1. The van der Waals surface area contributed by atoms with Crippen molar-refractivity contribution in [1.29, 1.82) is 0 Å². The van der Waals surface area contributed by atoms with E-state index in [2.05, 4.69) is 0 Å². The lowest BCUT2D eigenvalue weighted by Gasteiger charge is -2.27. The number of sulfone groups is 1. The van der Waals surface area contributed by atoms with Crippen molar-refractivity contribution in [3.05, 3.63) is 69.7 Å². The molecule has 1 amide bonds. The predicted molar refractivity (Wildman–Crippen MR) is 124 cm³/mol. The largest absolute Gasteiger partial charge is 0.378 e. The second-order valence-corrected chi connectivity index (χ2v) is 10.7. The van der Waals surface area contributed by atoms with E-state index in [1.165, 1.54) is 6.08 Å². The van der Waals surface area contributed by atoms with Crippen LogP contribution in [0.4, 0.5) is 5.69 Å². The normalized spacial score (nSPS) is 17.9. The molecule has 8 heteroatoms. The molecule has 2 aromatic rings. The number of hydrogen-bond donors (Lipinski definition) is 0. The molecule has 1 atom stereocenters. The number of nitrogens with zero attached hydrogens (tertiary/aromatic N) is 2. The van der Waals surface area contributed by atoms with E-state index < -0.39 is 9.84 Å². The molecule has 0 radical (unpaired) electrons. The number of halogens is 2. The standard InChI is InChI=1S/C22H24Cl2N2O3S/c1-25(2)19-8-3-16(4-9-19)14-26(20-11-12-30(28,29)15-20)22(27)10-6-17-5-7-18(23)13-21(17)24/h3-10,13,20H,11-12,14-15H2,1-2H3. The molecule has 1 fully saturated rings. The molecule has 1 saturated heterocycles. The molecule has 5 nitrogen and oxygen atoms in total. The zero-order valence-corrected chi connectivity index (χ0v) is 19.2. The van der Waals surface area contributed by atoms with Crippen LogP contribution in [-0.2, 0) is 21.2 Å². The van der Waals surface area contributed by atoms with Gasteiger partial charge in [0.05, 0.1) is 11.5 Å². The zero-order chi connectivity index (χ0) is 21.9. The van der Waals surface area contributed by atoms with Gasteiger partial charge in [0.2, 0.25) is 5.91 Å². The molecule has 0 bridgehead atoms. The molecule has 1 aliphatic rings. The zero-order valence-electron chi connectivity index (χ0n) is 16.9. The van der Waals surface area contributed by atoms with Crippen molar-refractivity contribution < 1.29 is 13.2 Å². The molecule has 0 N–H and O–H groups in total. The highest BCUT2D eigenvalue weighted by molar-refractivity contribution is 7.91. The van der Waals surface area contributed by atoms with Gasteiger partial charge in [0, 0.05) is 48.5 Å². The Morgan fingerprint density at radius 3 is 2.40 bits per heavy atom. The quantitative estimate of drug-likeness (QED) is 0.595. The Morgan fingerprint density at radius 2 is 1.83 bits per heavy atom. The second-order valence-electron chi connectivity index (χ2n) is 7.58. The van der Waals surface area contributed by atoms with Gasteiger partial charge in [-0.25, -0.2) is 8.42 Å². The lowest BCUT2D eigenvalue weighted by Crippen LogP contribution is -2.39. The summed E-state index contributed by atoms with van der Waals surface area (Å²) in [5, 5.41) is 0.961. The Bertz CT molecular complexity index is 1050. The highest BCUT2D eigenvalue weighted by atomic mass is 35.5. The van der Waals surface area contributed by atoms with Crippen LogP contribution in [0.5, 0.6) is 0 Å². The number of rotatable bonds is 6. The average molecular weight is 467 g/mol. The van der Waals surface area contributed by atoms with Crippen molar-refractivity contribution in [2.75, 3.05) is 30.5 Å². The van der Waals surface area contributed by atoms with Gasteiger partial charge in [-0.05, 0) is 47.9 Å². The lowest BCUT2D eigenvalue weighted by molar-refractivity contribution is -0.128. The minimum absolute atomic E-state index is 0.00986. The summed E-state index contributed by atoms with van der Waals surface area (Å²) >= 11 is 12.1. The Kier molecular flexibility index (Phi) is 7.11. The van der Waals surface area contributed by atoms with Crippen molar-refractivity contribution in [1.82, 2.24) is 4.90 Å². The van der Waals surface area contributed by atoms with Crippen molar-refractivity contribution in [2.45, 2.75) is 19.0 Å². The smallest absolute Gasteiger partial charge is 0.247 e. The van der Waals surface area contributed by atoms with Gasteiger partial charge in [-0.2, -0.15) is 0 Å². The van der Waals surface area contributed by atoms with E-state index in [0.29, 0.717) is 28.6 Å². The Labute approximate surface area is 187 Å². The van der Waals surface area contributed by atoms with E-state index >= 15 is 0 Å². The van der Waals surface area contributed by atoms with Crippen LogP contribution >= 0.6 is 23.2 Å². The molecular formula is C22H24Cl2N2O3S. The van der Waals surface area contributed by atoms with Crippen LogP contribution in [0.1, 0.15) is 17.5 Å². The first kappa shape index (κ1) is 22.7. The number of amides is 1. The minimum Gasteiger partial charge on any atom is -0.378 e. The summed E-state index contributed by atoms with van der Waals surface area (Å²) in [6.45, 7) is 0.339. The van der Waals surface area contributed by atoms with E-state index in [1.54, 1.807) is 29.2 Å². The molecule has 0 saturated carbocycles. The molecule has 3 rings (SSSR count). The summed E-state index contributed by atoms with van der Waals surface area (Å²) in [5.41, 5.74) is 2.66. The average Bonchev–Trinajstić information content (AvgIpc) is 3.05. The molecule has 1 heterocycles. The van der Waals surface area contributed by atoms with Gasteiger partial charge < -0.3 is 9.80 Å². The maximum absolute atomic E-state index is 13.0. The first-order valence-electron chi connectivity index (χ1n) is 9.55. The number of hydrogen-bond acceptors (Lipinski definition) is 4. The molecule has 0 aliphatic carbocycles. The number of carbonyl (C=O) groups is 1. The topological polar surface area (TPSA) is 57.7 Å². The molecule has 160 valence electrons. The van der Waals surface area contributed by atoms with E-state index in [9.17, 15) is 13.2 Å². The number of anilines is 1. The Balaban J connectivity index is 1.83. The second kappa shape index (κ2) is 9.41. The van der Waals surface area contributed by atoms with Crippen LogP contribution in [0.15, 0.2) is 48.5 Å². The van der Waals surface area contributed by atoms with Crippen molar-refractivity contribution in [3.8, 4) is 0 Å². The maximum Gasteiger partial charge on any atom is 0.247 e. The molecular weight excluding hydrogens is 443 g/mol. The third-order valence-corrected chi connectivity index (χ3v) is 7.42. The molecule has 0 aromatic heterocycles. The van der Waals surface area contributed by atoms with Gasteiger partial charge in [0.15, 0.2) is 9.84 Å². The number of benzene rings is 2. The van der Waals surface area contributed by atoms with Crippen LogP contribution in [0.25, 0.3) is 6.08 Å². The highest BCUT2D eigenvalue weighted by Crippen LogP contribution is 2.24. The summed E-state index contributed by atoms with van der Waals surface area (Å²) < 4.78 is 24.0. The van der Waals surface area contributed by atoms with Crippen LogP contribution in [-0.4, -0.2) is 50.9 Å². The van der Waals surface area contributed by atoms with E-state index in [0.717, 1.165) is 11.3 Å². The monoisotopic (exact) mass is 466 g/mol. The molecule has 1 aliphatic heterocycles. The third kappa shape index (κ3) is 5.78. The fourth-order valence-electron chi connectivity index (χ4n) is 3.40. The van der Waals surface area contributed by atoms with Gasteiger partial charge in [-0.3, -0.25) is 4.79 Å². The molecule has 30 heavy (non-hydrogen) atoms. The minimum atomic E-state index is -3.12. The Hall–Kier alpha value is -2.02. The van der Waals surface area contributed by atoms with E-state index in [4.69, 9.17) is 23.2 Å². The van der Waals surface area contributed by atoms with E-state index in [1.807, 2.05) is 43.3 Å². The summed E-state index contributed by atoms with van der Waals surface area (Å²) in [6.07, 6.45) is 3.51. The maximum atomic E-state index is 13.0. The van der Waals surface area contributed by atoms with Crippen molar-refractivity contribution >= 4 is 50.7 Å². The van der Waals surface area contributed by atoms with Gasteiger partial charge >= 0.3 is 0 Å². The Morgan fingerprint density at radius 1 is 1.13 bits per heavy atom. The van der Waals surface area contributed by atoms with Crippen LogP contribution in [0.2, 0.25) is 10.0 Å². The van der Waals surface area contributed by atoms with Gasteiger partial charge in [-0.1, -0.05) is 41.4 Å². The SMILES string of the molecule is CN(C)c1ccc(CN(C(=O)C=Cc2ccc(Cl)cc2Cl)C2CCS(=O)(=O)C2)cc1. The highest BCUT2D eigenvalue weighted by Gasteiger charge is 2.34. The summed E-state index contributed by atoms with van der Waals surface area (Å²) in [5.74, 6) is -0.155. The van der Waals surface area contributed by atoms with Crippen molar-refractivity contribution in [3.63, 3.8) is 0 Å². The fourth-order valence-corrected chi connectivity index (χ4v) is 5.60. The summed E-state index contributed by atoms with van der Waals surface area (Å²) in [4.78, 5) is 16.7. The first-order chi connectivity index (χ1) is 14.1. The van der Waals surface area contributed by atoms with Crippen molar-refractivity contribution in [2.24, 2.45) is 0 Å². The van der Waals surface area contributed by atoms with Crippen LogP contribution in [0, 0.1) is 0 Å². The molecule has 0 spiro atoms. The molecule has 1 unspecified atom stereocenters. The fraction of sp³-hybridized carbons (Fsp3) is 0.318. The van der Waals surface area contributed by atoms with Gasteiger partial charge in [-0.15, -0.1) is 0 Å². The predicted octanol–water partition coefficient (Wildman–Crippen LogP) is 4.29. The van der Waals surface area contributed by atoms with Gasteiger partial charge in [0.1, 0.15) is 0 Å². The lowest BCUT2D eigenvalue weighted by atomic mass is 10.1. The van der Waals surface area contributed by atoms with Crippen LogP contribution in [0.3, 0.4) is 0 Å². The van der Waals surface area contributed by atoms with E-state index in [-0.39, 0.29) is 23.5 Å². The molecule has 2 aromatic carbocycles. The van der Waals surface area contributed by atoms with Crippen LogP contribution < -0.4 is 4.90 Å². The summed E-state index contributed by atoms with van der Waals surface area (Å²) in [6, 6.07) is 12.6.